The number of amides is 2. The zero-order valence-electron chi connectivity index (χ0n) is 16.6. The van der Waals surface area contributed by atoms with Gasteiger partial charge in [-0.25, -0.2) is 19.4 Å². The van der Waals surface area contributed by atoms with Gasteiger partial charge in [-0.3, -0.25) is 0 Å². The average molecular weight is 445 g/mol. The van der Waals surface area contributed by atoms with Crippen LogP contribution in [0.15, 0.2) is 16.7 Å². The maximum atomic E-state index is 12.7. The van der Waals surface area contributed by atoms with Crippen LogP contribution in [-0.2, 0) is 14.2 Å². The fourth-order valence-corrected chi connectivity index (χ4v) is 2.16. The second-order valence-corrected chi connectivity index (χ2v) is 8.45. The van der Waals surface area contributed by atoms with E-state index in [-0.39, 0.29) is 18.0 Å². The summed E-state index contributed by atoms with van der Waals surface area (Å²) >= 11 is 3.23. The van der Waals surface area contributed by atoms with Crippen molar-refractivity contribution in [2.24, 2.45) is 0 Å². The number of esters is 1. The lowest BCUT2D eigenvalue weighted by Gasteiger charge is -2.29. The minimum atomic E-state index is -0.998. The van der Waals surface area contributed by atoms with E-state index in [0.29, 0.717) is 9.37 Å². The summed E-state index contributed by atoms with van der Waals surface area (Å²) in [6, 6.07) is 1.40. The molecular formula is C18H25BrN2O6. The first-order chi connectivity index (χ1) is 12.2. The highest BCUT2D eigenvalue weighted by atomic mass is 79.9. The van der Waals surface area contributed by atoms with Crippen molar-refractivity contribution in [3.8, 4) is 0 Å². The molecule has 0 atom stereocenters. The molecule has 8 nitrogen and oxygen atoms in total. The highest BCUT2D eigenvalue weighted by Gasteiger charge is 2.36. The molecule has 0 aromatic carbocycles. The van der Waals surface area contributed by atoms with Crippen LogP contribution < -0.4 is 4.90 Å². The van der Waals surface area contributed by atoms with Crippen molar-refractivity contribution in [1.82, 2.24) is 4.98 Å². The predicted octanol–water partition coefficient (Wildman–Crippen LogP) is 4.70. The molecule has 150 valence electrons. The molecule has 0 radical (unpaired) electrons. The van der Waals surface area contributed by atoms with Crippen LogP contribution in [0.5, 0.6) is 0 Å². The Kier molecular flexibility index (Phi) is 7.36. The quantitative estimate of drug-likeness (QED) is 0.492. The molecule has 0 saturated carbocycles. The lowest BCUT2D eigenvalue weighted by molar-refractivity contribution is 0.0430. The maximum Gasteiger partial charge on any atom is 0.424 e. The molecule has 0 fully saturated rings. The monoisotopic (exact) mass is 444 g/mol. The van der Waals surface area contributed by atoms with Gasteiger partial charge < -0.3 is 14.2 Å². The summed E-state index contributed by atoms with van der Waals surface area (Å²) in [6.45, 7) is 11.7. The van der Waals surface area contributed by atoms with Crippen molar-refractivity contribution < 1.29 is 28.6 Å². The summed E-state index contributed by atoms with van der Waals surface area (Å²) in [7, 11) is 0. The van der Waals surface area contributed by atoms with E-state index in [1.165, 1.54) is 12.3 Å². The number of anilines is 1. The molecule has 0 unspecified atom stereocenters. The van der Waals surface area contributed by atoms with E-state index in [4.69, 9.17) is 14.2 Å². The molecule has 1 aromatic rings. The number of ether oxygens (including phenoxy) is 3. The van der Waals surface area contributed by atoms with Crippen LogP contribution >= 0.6 is 15.9 Å². The Bertz CT molecular complexity index is 694. The van der Waals surface area contributed by atoms with Gasteiger partial charge in [0.15, 0.2) is 5.69 Å². The van der Waals surface area contributed by atoms with E-state index in [1.54, 1.807) is 48.5 Å². The Morgan fingerprint density at radius 1 is 1.04 bits per heavy atom. The second kappa shape index (κ2) is 8.69. The zero-order valence-corrected chi connectivity index (χ0v) is 18.2. The van der Waals surface area contributed by atoms with Gasteiger partial charge in [0.2, 0.25) is 0 Å². The Labute approximate surface area is 167 Å². The van der Waals surface area contributed by atoms with Crippen molar-refractivity contribution >= 4 is 39.8 Å². The van der Waals surface area contributed by atoms with Gasteiger partial charge in [0.1, 0.15) is 11.2 Å². The summed E-state index contributed by atoms with van der Waals surface area (Å²) in [5, 5.41) is 0. The SMILES string of the molecule is CCOC(=O)c1ncc(Br)cc1N(C(=O)OC(C)(C)C)C(=O)OC(C)(C)C. The minimum absolute atomic E-state index is 0.105. The predicted molar refractivity (Wildman–Crippen MR) is 103 cm³/mol. The van der Waals surface area contributed by atoms with Crippen molar-refractivity contribution in [3.63, 3.8) is 0 Å². The molecule has 0 aliphatic heterocycles. The summed E-state index contributed by atoms with van der Waals surface area (Å²) in [4.78, 5) is 42.4. The van der Waals surface area contributed by atoms with Gasteiger partial charge in [0.05, 0.1) is 12.3 Å². The highest BCUT2D eigenvalue weighted by molar-refractivity contribution is 9.10. The largest absolute Gasteiger partial charge is 0.461 e. The molecule has 1 rings (SSSR count). The van der Waals surface area contributed by atoms with E-state index in [0.717, 1.165) is 0 Å². The summed E-state index contributed by atoms with van der Waals surface area (Å²) < 4.78 is 16.1. The molecule has 0 aliphatic rings. The number of aromatic nitrogens is 1. The molecule has 0 bridgehead atoms. The molecule has 0 saturated heterocycles. The first-order valence-electron chi connectivity index (χ1n) is 8.34. The van der Waals surface area contributed by atoms with E-state index >= 15 is 0 Å². The standard InChI is InChI=1S/C18H25BrN2O6/c1-8-25-14(22)13-12(9-11(19)10-20-13)21(15(23)26-17(2,3)4)16(24)27-18(5,6)7/h9-10H,8H2,1-7H3. The summed E-state index contributed by atoms with van der Waals surface area (Å²) in [5.41, 5.74) is -2.06. The van der Waals surface area contributed by atoms with Crippen molar-refractivity contribution in [2.75, 3.05) is 11.5 Å². The van der Waals surface area contributed by atoms with Crippen LogP contribution in [0.3, 0.4) is 0 Å². The Balaban J connectivity index is 3.50. The van der Waals surface area contributed by atoms with Gasteiger partial charge >= 0.3 is 18.2 Å². The first-order valence-corrected chi connectivity index (χ1v) is 9.13. The van der Waals surface area contributed by atoms with Crippen LogP contribution in [0.4, 0.5) is 15.3 Å². The van der Waals surface area contributed by atoms with Crippen molar-refractivity contribution in [1.29, 1.82) is 0 Å². The van der Waals surface area contributed by atoms with Gasteiger partial charge in [-0.15, -0.1) is 0 Å². The number of carbonyl (C=O) groups excluding carboxylic acids is 3. The smallest absolute Gasteiger partial charge is 0.424 e. The molecule has 27 heavy (non-hydrogen) atoms. The Hall–Kier alpha value is -2.16. The van der Waals surface area contributed by atoms with Crippen LogP contribution in [0.2, 0.25) is 0 Å². The normalized spacial score (nSPS) is 11.6. The van der Waals surface area contributed by atoms with Crippen LogP contribution in [0.25, 0.3) is 0 Å². The van der Waals surface area contributed by atoms with E-state index < -0.39 is 29.4 Å². The molecule has 0 spiro atoms. The molecule has 1 aromatic heterocycles. The molecule has 0 aliphatic carbocycles. The van der Waals surface area contributed by atoms with E-state index in [9.17, 15) is 14.4 Å². The zero-order chi connectivity index (χ0) is 21.0. The number of hydrogen-bond acceptors (Lipinski definition) is 7. The van der Waals surface area contributed by atoms with Gasteiger partial charge in [-0.05, 0) is 70.5 Å². The number of pyridine rings is 1. The molecular weight excluding hydrogens is 420 g/mol. The fourth-order valence-electron chi connectivity index (χ4n) is 1.84. The lowest BCUT2D eigenvalue weighted by atomic mass is 10.2. The number of rotatable bonds is 3. The number of hydrogen-bond donors (Lipinski definition) is 0. The highest BCUT2D eigenvalue weighted by Crippen LogP contribution is 2.27. The molecule has 0 N–H and O–H groups in total. The third-order valence-electron chi connectivity index (χ3n) is 2.70. The second-order valence-electron chi connectivity index (χ2n) is 7.54. The summed E-state index contributed by atoms with van der Waals surface area (Å²) in [5.74, 6) is -0.780. The summed E-state index contributed by atoms with van der Waals surface area (Å²) in [6.07, 6.45) is -0.637. The van der Waals surface area contributed by atoms with Crippen LogP contribution in [0, 0.1) is 0 Å². The lowest BCUT2D eigenvalue weighted by Crippen LogP contribution is -2.44. The van der Waals surface area contributed by atoms with Gasteiger partial charge in [-0.2, -0.15) is 4.90 Å². The minimum Gasteiger partial charge on any atom is -0.461 e. The number of carbonyl (C=O) groups is 3. The number of nitrogens with zero attached hydrogens (tertiary/aromatic N) is 2. The molecule has 9 heteroatoms. The van der Waals surface area contributed by atoms with Gasteiger partial charge in [-0.1, -0.05) is 0 Å². The third kappa shape index (κ3) is 7.16. The maximum absolute atomic E-state index is 12.7. The van der Waals surface area contributed by atoms with Gasteiger partial charge in [0.25, 0.3) is 0 Å². The number of imide groups is 1. The Morgan fingerprint density at radius 2 is 1.52 bits per heavy atom. The first kappa shape index (κ1) is 22.9. The van der Waals surface area contributed by atoms with Gasteiger partial charge in [0, 0.05) is 10.7 Å². The van der Waals surface area contributed by atoms with Crippen molar-refractivity contribution in [2.45, 2.75) is 59.7 Å². The fraction of sp³-hybridized carbons (Fsp3) is 0.556. The van der Waals surface area contributed by atoms with Crippen molar-refractivity contribution in [3.05, 3.63) is 22.4 Å². The molecule has 2 amide bonds. The van der Waals surface area contributed by atoms with Crippen LogP contribution in [-0.4, -0.2) is 40.9 Å². The Morgan fingerprint density at radius 3 is 1.93 bits per heavy atom. The van der Waals surface area contributed by atoms with E-state index in [2.05, 4.69) is 20.9 Å². The average Bonchev–Trinajstić information content (AvgIpc) is 2.43. The number of halogens is 1. The third-order valence-corrected chi connectivity index (χ3v) is 3.13. The van der Waals surface area contributed by atoms with Crippen LogP contribution in [0.1, 0.15) is 59.0 Å². The van der Waals surface area contributed by atoms with E-state index in [1.807, 2.05) is 0 Å². The molecule has 1 heterocycles. The topological polar surface area (TPSA) is 95.0 Å².